The maximum Gasteiger partial charge on any atom is 0.145 e. The molecule has 0 radical (unpaired) electrons. The third-order valence-electron chi connectivity index (χ3n) is 3.27. The Morgan fingerprint density at radius 1 is 1.15 bits per heavy atom. The highest BCUT2D eigenvalue weighted by molar-refractivity contribution is 5.45. The second-order valence-electron chi connectivity index (χ2n) is 4.53. The zero-order chi connectivity index (χ0) is 14.4. The van der Waals surface area contributed by atoms with Crippen LogP contribution in [0.1, 0.15) is 30.5 Å². The van der Waals surface area contributed by atoms with E-state index in [9.17, 15) is 0 Å². The van der Waals surface area contributed by atoms with Gasteiger partial charge in [0.1, 0.15) is 17.6 Å². The number of hydrogen-bond donors (Lipinski definition) is 1. The number of nitriles is 1. The first kappa shape index (κ1) is 14.1. The molecule has 0 spiro atoms. The van der Waals surface area contributed by atoms with Crippen LogP contribution in [0.25, 0.3) is 0 Å². The molecule has 2 aromatic carbocycles. The first-order valence-electron chi connectivity index (χ1n) is 6.72. The molecule has 0 saturated heterocycles. The molecule has 1 atom stereocenters. The summed E-state index contributed by atoms with van der Waals surface area (Å²) in [7, 11) is 1.96. The first-order chi connectivity index (χ1) is 9.78. The molecule has 3 nitrogen and oxygen atoms in total. The van der Waals surface area contributed by atoms with Gasteiger partial charge >= 0.3 is 0 Å². The molecule has 0 heterocycles. The molecule has 20 heavy (non-hydrogen) atoms. The molecule has 1 N–H and O–H groups in total. The van der Waals surface area contributed by atoms with Crippen LogP contribution in [0, 0.1) is 11.3 Å². The molecule has 1 unspecified atom stereocenters. The summed E-state index contributed by atoms with van der Waals surface area (Å²) in [5.74, 6) is 1.32. The van der Waals surface area contributed by atoms with E-state index < -0.39 is 0 Å². The quantitative estimate of drug-likeness (QED) is 0.889. The first-order valence-corrected chi connectivity index (χ1v) is 6.72. The van der Waals surface area contributed by atoms with Gasteiger partial charge < -0.3 is 10.1 Å². The predicted octanol–water partition coefficient (Wildman–Crippen LogP) is 4.02. The van der Waals surface area contributed by atoms with Gasteiger partial charge in [-0.15, -0.1) is 0 Å². The van der Waals surface area contributed by atoms with Gasteiger partial charge in [0.25, 0.3) is 0 Å². The molecule has 2 rings (SSSR count). The molecule has 0 amide bonds. The van der Waals surface area contributed by atoms with Crippen molar-refractivity contribution < 1.29 is 4.74 Å². The number of nitrogens with one attached hydrogen (secondary N) is 1. The molecular weight excluding hydrogens is 248 g/mol. The molecule has 3 heteroatoms. The zero-order valence-electron chi connectivity index (χ0n) is 11.8. The van der Waals surface area contributed by atoms with E-state index in [1.807, 2.05) is 31.3 Å². The Bertz CT molecular complexity index is 595. The number of ether oxygens (including phenoxy) is 1. The fourth-order valence-corrected chi connectivity index (χ4v) is 2.15. The lowest BCUT2D eigenvalue weighted by Crippen LogP contribution is -2.14. The third-order valence-corrected chi connectivity index (χ3v) is 3.27. The van der Waals surface area contributed by atoms with Crippen molar-refractivity contribution in [1.29, 1.82) is 5.26 Å². The van der Waals surface area contributed by atoms with Crippen LogP contribution >= 0.6 is 0 Å². The lowest BCUT2D eigenvalue weighted by molar-refractivity contribution is 0.480. The fourth-order valence-electron chi connectivity index (χ4n) is 2.15. The summed E-state index contributed by atoms with van der Waals surface area (Å²) in [4.78, 5) is 0. The van der Waals surface area contributed by atoms with Gasteiger partial charge in [-0.05, 0) is 43.3 Å². The molecule has 0 aliphatic carbocycles. The number of benzene rings is 2. The largest absolute Gasteiger partial charge is 0.456 e. The number of hydrogen-bond acceptors (Lipinski definition) is 3. The molecule has 0 saturated carbocycles. The highest BCUT2D eigenvalue weighted by Crippen LogP contribution is 2.26. The van der Waals surface area contributed by atoms with Gasteiger partial charge in [-0.3, -0.25) is 0 Å². The number of para-hydroxylation sites is 1. The third kappa shape index (κ3) is 3.17. The Morgan fingerprint density at radius 3 is 2.45 bits per heavy atom. The minimum absolute atomic E-state index is 0.357. The zero-order valence-corrected chi connectivity index (χ0v) is 11.8. The van der Waals surface area contributed by atoms with Gasteiger partial charge in [0.15, 0.2) is 0 Å². The van der Waals surface area contributed by atoms with E-state index >= 15 is 0 Å². The van der Waals surface area contributed by atoms with E-state index in [1.165, 1.54) is 5.56 Å². The molecule has 0 aliphatic heterocycles. The van der Waals surface area contributed by atoms with Crippen molar-refractivity contribution in [2.24, 2.45) is 0 Å². The maximum absolute atomic E-state index is 9.04. The van der Waals surface area contributed by atoms with E-state index in [0.717, 1.165) is 12.2 Å². The van der Waals surface area contributed by atoms with Crippen LogP contribution in [-0.4, -0.2) is 7.05 Å². The normalized spacial score (nSPS) is 11.7. The van der Waals surface area contributed by atoms with Crippen molar-refractivity contribution >= 4 is 0 Å². The summed E-state index contributed by atoms with van der Waals surface area (Å²) in [6.45, 7) is 2.15. The summed E-state index contributed by atoms with van der Waals surface area (Å²) in [5.41, 5.74) is 1.77. The summed E-state index contributed by atoms with van der Waals surface area (Å²) in [6, 6.07) is 17.7. The minimum atomic E-state index is 0.357. The lowest BCUT2D eigenvalue weighted by Gasteiger charge is -2.15. The summed E-state index contributed by atoms with van der Waals surface area (Å²) in [5, 5.41) is 12.3. The molecule has 0 aliphatic rings. The molecule has 0 bridgehead atoms. The van der Waals surface area contributed by atoms with Gasteiger partial charge in [-0.25, -0.2) is 0 Å². The van der Waals surface area contributed by atoms with Gasteiger partial charge in [0.2, 0.25) is 0 Å². The van der Waals surface area contributed by atoms with E-state index in [1.54, 1.807) is 12.1 Å². The Kier molecular flexibility index (Phi) is 4.75. The lowest BCUT2D eigenvalue weighted by atomic mass is 10.0. The monoisotopic (exact) mass is 266 g/mol. The van der Waals surface area contributed by atoms with Crippen LogP contribution < -0.4 is 10.1 Å². The second kappa shape index (κ2) is 6.74. The Morgan fingerprint density at radius 2 is 1.85 bits per heavy atom. The van der Waals surface area contributed by atoms with Gasteiger partial charge in [0, 0.05) is 6.04 Å². The molecule has 2 aromatic rings. The maximum atomic E-state index is 9.04. The van der Waals surface area contributed by atoms with Crippen molar-refractivity contribution in [3.63, 3.8) is 0 Å². The van der Waals surface area contributed by atoms with Crippen molar-refractivity contribution in [1.82, 2.24) is 5.32 Å². The van der Waals surface area contributed by atoms with Crippen molar-refractivity contribution in [2.75, 3.05) is 7.05 Å². The second-order valence-corrected chi connectivity index (χ2v) is 4.53. The van der Waals surface area contributed by atoms with Gasteiger partial charge in [-0.1, -0.05) is 31.2 Å². The van der Waals surface area contributed by atoms with Crippen LogP contribution in [-0.2, 0) is 0 Å². The molecular formula is C17H18N2O. The van der Waals surface area contributed by atoms with Crippen LogP contribution in [0.5, 0.6) is 11.5 Å². The number of nitrogens with zero attached hydrogens (tertiary/aromatic N) is 1. The summed E-state index contributed by atoms with van der Waals surface area (Å²) < 4.78 is 5.76. The Labute approximate surface area is 119 Å². The molecule has 102 valence electrons. The van der Waals surface area contributed by atoms with E-state index in [4.69, 9.17) is 10.00 Å². The van der Waals surface area contributed by atoms with Gasteiger partial charge in [0.05, 0.1) is 5.56 Å². The van der Waals surface area contributed by atoms with Crippen LogP contribution in [0.3, 0.4) is 0 Å². The Balaban J connectivity index is 2.17. The van der Waals surface area contributed by atoms with Crippen LogP contribution in [0.4, 0.5) is 0 Å². The van der Waals surface area contributed by atoms with E-state index in [-0.39, 0.29) is 0 Å². The van der Waals surface area contributed by atoms with E-state index in [0.29, 0.717) is 17.4 Å². The average molecular weight is 266 g/mol. The standard InChI is InChI=1S/C17H18N2O/c1-3-16(19-2)13-8-10-15(11-9-13)20-17-7-5-4-6-14(17)12-18/h4-11,16,19H,3H2,1-2H3. The predicted molar refractivity (Wildman–Crippen MR) is 79.8 cm³/mol. The number of rotatable bonds is 5. The van der Waals surface area contributed by atoms with Crippen molar-refractivity contribution in [3.05, 3.63) is 59.7 Å². The minimum Gasteiger partial charge on any atom is -0.456 e. The van der Waals surface area contributed by atoms with Crippen molar-refractivity contribution in [2.45, 2.75) is 19.4 Å². The SMILES string of the molecule is CCC(NC)c1ccc(Oc2ccccc2C#N)cc1. The van der Waals surface area contributed by atoms with E-state index in [2.05, 4.69) is 30.4 Å². The summed E-state index contributed by atoms with van der Waals surface area (Å²) in [6.07, 6.45) is 1.04. The van der Waals surface area contributed by atoms with Crippen molar-refractivity contribution in [3.8, 4) is 17.6 Å². The Hall–Kier alpha value is -2.31. The molecule has 0 fully saturated rings. The highest BCUT2D eigenvalue weighted by Gasteiger charge is 2.07. The van der Waals surface area contributed by atoms with Gasteiger partial charge in [-0.2, -0.15) is 5.26 Å². The van der Waals surface area contributed by atoms with Crippen LogP contribution in [0.15, 0.2) is 48.5 Å². The molecule has 0 aromatic heterocycles. The average Bonchev–Trinajstić information content (AvgIpc) is 2.51. The highest BCUT2D eigenvalue weighted by atomic mass is 16.5. The smallest absolute Gasteiger partial charge is 0.145 e. The summed E-state index contributed by atoms with van der Waals surface area (Å²) >= 11 is 0. The fraction of sp³-hybridized carbons (Fsp3) is 0.235. The topological polar surface area (TPSA) is 45.0 Å². The van der Waals surface area contributed by atoms with Crippen LogP contribution in [0.2, 0.25) is 0 Å².